The van der Waals surface area contributed by atoms with E-state index in [1.807, 2.05) is 30.3 Å². The summed E-state index contributed by atoms with van der Waals surface area (Å²) in [7, 11) is 0. The van der Waals surface area contributed by atoms with Gasteiger partial charge in [-0.05, 0) is 12.0 Å². The van der Waals surface area contributed by atoms with Gasteiger partial charge in [-0.25, -0.2) is 0 Å². The van der Waals surface area contributed by atoms with Crippen LogP contribution in [0.25, 0.3) is 0 Å². The van der Waals surface area contributed by atoms with Crippen LogP contribution in [0.15, 0.2) is 30.3 Å². The first-order valence-corrected chi connectivity index (χ1v) is 6.04. The van der Waals surface area contributed by atoms with E-state index < -0.39 is 12.8 Å². The van der Waals surface area contributed by atoms with Crippen molar-refractivity contribution < 1.29 is 23.0 Å². The lowest BCUT2D eigenvalue weighted by Crippen LogP contribution is -2.37. The number of halogens is 3. The van der Waals surface area contributed by atoms with E-state index in [-0.39, 0.29) is 25.8 Å². The highest BCUT2D eigenvalue weighted by Crippen LogP contribution is 2.13. The Hall–Kier alpha value is -1.11. The Morgan fingerprint density at radius 2 is 1.89 bits per heavy atom. The first kappa shape index (κ1) is 15.9. The zero-order chi connectivity index (χ0) is 14.1. The molecule has 1 atom stereocenters. The summed E-state index contributed by atoms with van der Waals surface area (Å²) in [4.78, 5) is 0. The van der Waals surface area contributed by atoms with E-state index in [9.17, 15) is 18.3 Å². The monoisotopic (exact) mass is 277 g/mol. The van der Waals surface area contributed by atoms with Gasteiger partial charge in [0.25, 0.3) is 0 Å². The quantitative estimate of drug-likeness (QED) is 0.711. The highest BCUT2D eigenvalue weighted by atomic mass is 19.4. The van der Waals surface area contributed by atoms with Gasteiger partial charge in [-0.1, -0.05) is 30.3 Å². The average Bonchev–Trinajstić information content (AvgIpc) is 2.37. The number of aliphatic hydroxyl groups is 1. The van der Waals surface area contributed by atoms with Crippen molar-refractivity contribution in [1.29, 1.82) is 0 Å². The van der Waals surface area contributed by atoms with Gasteiger partial charge < -0.3 is 15.2 Å². The zero-order valence-electron chi connectivity index (χ0n) is 10.5. The molecule has 0 radical (unpaired) electrons. The van der Waals surface area contributed by atoms with Gasteiger partial charge in [0, 0.05) is 12.6 Å². The van der Waals surface area contributed by atoms with Crippen molar-refractivity contribution in [3.8, 4) is 0 Å². The molecule has 0 spiro atoms. The molecule has 0 aliphatic heterocycles. The van der Waals surface area contributed by atoms with E-state index in [1.54, 1.807) is 0 Å². The third-order valence-corrected chi connectivity index (χ3v) is 2.49. The van der Waals surface area contributed by atoms with Crippen molar-refractivity contribution in [2.24, 2.45) is 0 Å². The molecule has 0 bridgehead atoms. The van der Waals surface area contributed by atoms with Gasteiger partial charge in [-0.3, -0.25) is 0 Å². The summed E-state index contributed by atoms with van der Waals surface area (Å²) in [5.74, 6) is 0. The van der Waals surface area contributed by atoms with Gasteiger partial charge in [0.2, 0.25) is 0 Å². The van der Waals surface area contributed by atoms with E-state index in [0.717, 1.165) is 5.56 Å². The van der Waals surface area contributed by atoms with Crippen LogP contribution in [-0.2, 0) is 11.2 Å². The lowest BCUT2D eigenvalue weighted by molar-refractivity contribution is -0.173. The normalized spacial score (nSPS) is 13.5. The summed E-state index contributed by atoms with van der Waals surface area (Å²) in [6.45, 7) is -1.08. The van der Waals surface area contributed by atoms with Crippen LogP contribution >= 0.6 is 0 Å². The van der Waals surface area contributed by atoms with Crippen LogP contribution in [0, 0.1) is 0 Å². The fourth-order valence-electron chi connectivity index (χ4n) is 1.62. The Bertz CT molecular complexity index is 343. The molecule has 0 aliphatic rings. The molecule has 0 fully saturated rings. The summed E-state index contributed by atoms with van der Waals surface area (Å²) in [5.41, 5.74) is 1.06. The Balaban J connectivity index is 2.19. The third-order valence-electron chi connectivity index (χ3n) is 2.49. The van der Waals surface area contributed by atoms with Crippen molar-refractivity contribution in [2.45, 2.75) is 18.6 Å². The fourth-order valence-corrected chi connectivity index (χ4v) is 1.62. The first-order valence-electron chi connectivity index (χ1n) is 6.04. The van der Waals surface area contributed by atoms with Crippen LogP contribution in [0.4, 0.5) is 13.2 Å². The molecule has 3 nitrogen and oxygen atoms in total. The molecule has 1 aromatic carbocycles. The highest BCUT2D eigenvalue weighted by Gasteiger charge is 2.27. The Labute approximate surface area is 110 Å². The summed E-state index contributed by atoms with van der Waals surface area (Å²) in [6, 6.07) is 9.38. The smallest absolute Gasteiger partial charge is 0.395 e. The fraction of sp³-hybridized carbons (Fsp3) is 0.538. The topological polar surface area (TPSA) is 41.5 Å². The van der Waals surface area contributed by atoms with E-state index in [1.165, 1.54) is 0 Å². The molecular weight excluding hydrogens is 259 g/mol. The van der Waals surface area contributed by atoms with Crippen LogP contribution in [0.5, 0.6) is 0 Å². The number of hydrogen-bond acceptors (Lipinski definition) is 3. The van der Waals surface area contributed by atoms with Crippen LogP contribution in [0.3, 0.4) is 0 Å². The van der Waals surface area contributed by atoms with Crippen LogP contribution in [0.1, 0.15) is 5.56 Å². The summed E-state index contributed by atoms with van der Waals surface area (Å²) < 4.78 is 39.9. The van der Waals surface area contributed by atoms with E-state index in [0.29, 0.717) is 6.42 Å². The first-order chi connectivity index (χ1) is 9.01. The Morgan fingerprint density at radius 3 is 2.47 bits per heavy atom. The SMILES string of the molecule is OCC(Cc1ccccc1)NCCOCC(F)(F)F. The van der Waals surface area contributed by atoms with E-state index in [4.69, 9.17) is 0 Å². The van der Waals surface area contributed by atoms with Crippen molar-refractivity contribution in [3.63, 3.8) is 0 Å². The number of rotatable bonds is 8. The second-order valence-corrected chi connectivity index (χ2v) is 4.19. The molecule has 0 heterocycles. The van der Waals surface area contributed by atoms with Gasteiger partial charge in [-0.15, -0.1) is 0 Å². The molecule has 0 saturated carbocycles. The molecule has 0 aromatic heterocycles. The van der Waals surface area contributed by atoms with Crippen LogP contribution < -0.4 is 5.32 Å². The van der Waals surface area contributed by atoms with E-state index in [2.05, 4.69) is 10.1 Å². The number of aliphatic hydroxyl groups excluding tert-OH is 1. The number of ether oxygens (including phenoxy) is 1. The molecule has 1 rings (SSSR count). The number of benzene rings is 1. The third kappa shape index (κ3) is 7.81. The molecule has 2 N–H and O–H groups in total. The molecule has 108 valence electrons. The van der Waals surface area contributed by atoms with Crippen molar-refractivity contribution in [2.75, 3.05) is 26.4 Å². The van der Waals surface area contributed by atoms with Crippen molar-refractivity contribution in [1.82, 2.24) is 5.32 Å². The average molecular weight is 277 g/mol. The maximum absolute atomic E-state index is 11.8. The van der Waals surface area contributed by atoms with E-state index >= 15 is 0 Å². The Kier molecular flexibility index (Phi) is 6.83. The minimum Gasteiger partial charge on any atom is -0.395 e. The van der Waals surface area contributed by atoms with Crippen molar-refractivity contribution >= 4 is 0 Å². The molecule has 1 unspecified atom stereocenters. The molecule has 0 amide bonds. The predicted molar refractivity (Wildman–Crippen MR) is 65.9 cm³/mol. The van der Waals surface area contributed by atoms with Crippen LogP contribution in [0.2, 0.25) is 0 Å². The lowest BCUT2D eigenvalue weighted by atomic mass is 10.1. The van der Waals surface area contributed by atoms with Crippen molar-refractivity contribution in [3.05, 3.63) is 35.9 Å². The summed E-state index contributed by atoms with van der Waals surface area (Å²) in [6.07, 6.45) is -3.67. The number of nitrogens with one attached hydrogen (secondary N) is 1. The Morgan fingerprint density at radius 1 is 1.21 bits per heavy atom. The van der Waals surface area contributed by atoms with Gasteiger partial charge >= 0.3 is 6.18 Å². The zero-order valence-corrected chi connectivity index (χ0v) is 10.5. The summed E-state index contributed by atoms with van der Waals surface area (Å²) in [5, 5.41) is 12.2. The predicted octanol–water partition coefficient (Wildman–Crippen LogP) is 1.76. The minimum atomic E-state index is -4.29. The molecule has 0 aliphatic carbocycles. The van der Waals surface area contributed by atoms with Gasteiger partial charge in [0.15, 0.2) is 0 Å². The second-order valence-electron chi connectivity index (χ2n) is 4.19. The van der Waals surface area contributed by atoms with Gasteiger partial charge in [0.1, 0.15) is 6.61 Å². The molecule has 19 heavy (non-hydrogen) atoms. The second kappa shape index (κ2) is 8.14. The molecule has 6 heteroatoms. The molecule has 0 saturated heterocycles. The lowest BCUT2D eigenvalue weighted by Gasteiger charge is -2.16. The summed E-state index contributed by atoms with van der Waals surface area (Å²) >= 11 is 0. The maximum atomic E-state index is 11.8. The van der Waals surface area contributed by atoms with Gasteiger partial charge in [-0.2, -0.15) is 13.2 Å². The maximum Gasteiger partial charge on any atom is 0.411 e. The van der Waals surface area contributed by atoms with Gasteiger partial charge in [0.05, 0.1) is 13.2 Å². The highest BCUT2D eigenvalue weighted by molar-refractivity contribution is 5.15. The standard InChI is InChI=1S/C13H18F3NO2/c14-13(15,16)10-19-7-6-17-12(9-18)8-11-4-2-1-3-5-11/h1-5,12,17-18H,6-10H2. The largest absolute Gasteiger partial charge is 0.411 e. The number of hydrogen-bond donors (Lipinski definition) is 2. The van der Waals surface area contributed by atoms with Crippen LogP contribution in [-0.4, -0.2) is 43.7 Å². The number of alkyl halides is 3. The molecular formula is C13H18F3NO2. The minimum absolute atomic E-state index is 0.0369. The molecule has 1 aromatic rings.